The number of H-pyrrole nitrogens is 1. The number of hydrogen-bond acceptors (Lipinski definition) is 4. The minimum absolute atomic E-state index is 0.0808. The molecule has 0 radical (unpaired) electrons. The van der Waals surface area contributed by atoms with Gasteiger partial charge in [0.2, 0.25) is 5.88 Å². The van der Waals surface area contributed by atoms with Crippen molar-refractivity contribution in [3.05, 3.63) is 16.7 Å². The van der Waals surface area contributed by atoms with E-state index in [0.29, 0.717) is 6.42 Å². The number of aromatic hydroxyl groups is 1. The number of hydrogen-bond donors (Lipinski definition) is 2. The molecule has 108 valence electrons. The van der Waals surface area contributed by atoms with Crippen molar-refractivity contribution in [1.29, 1.82) is 0 Å². The molecule has 1 aromatic rings. The van der Waals surface area contributed by atoms with Gasteiger partial charge in [-0.25, -0.2) is 9.59 Å². The van der Waals surface area contributed by atoms with E-state index < -0.39 is 23.3 Å². The maximum absolute atomic E-state index is 12.2. The fourth-order valence-electron chi connectivity index (χ4n) is 1.81. The average Bonchev–Trinajstić information content (AvgIpc) is 2.55. The van der Waals surface area contributed by atoms with Crippen molar-refractivity contribution < 1.29 is 14.6 Å². The van der Waals surface area contributed by atoms with Gasteiger partial charge in [-0.15, -0.1) is 0 Å². The molecule has 6 heteroatoms. The number of imidazole rings is 1. The second kappa shape index (κ2) is 5.50. The molecule has 2 atom stereocenters. The highest BCUT2D eigenvalue weighted by molar-refractivity contribution is 5.75. The van der Waals surface area contributed by atoms with Crippen LogP contribution in [0.25, 0.3) is 0 Å². The number of rotatable bonds is 4. The van der Waals surface area contributed by atoms with Crippen molar-refractivity contribution in [3.8, 4) is 5.88 Å². The SMILES string of the molecule is CC[C@H](C)[C@@H](C(=O)OC(C)(C)C)n1cc(O)[nH]c1=O. The minimum atomic E-state index is -0.742. The van der Waals surface area contributed by atoms with E-state index in [-0.39, 0.29) is 11.8 Å². The second-order valence-electron chi connectivity index (χ2n) is 5.72. The van der Waals surface area contributed by atoms with Crippen molar-refractivity contribution >= 4 is 5.97 Å². The van der Waals surface area contributed by atoms with Gasteiger partial charge in [-0.2, -0.15) is 0 Å². The maximum Gasteiger partial charge on any atom is 0.330 e. The Morgan fingerprint density at radius 3 is 2.47 bits per heavy atom. The summed E-state index contributed by atoms with van der Waals surface area (Å²) in [7, 11) is 0. The minimum Gasteiger partial charge on any atom is -0.493 e. The molecular formula is C13H22N2O4. The molecule has 0 aliphatic rings. The molecule has 0 aliphatic heterocycles. The van der Waals surface area contributed by atoms with Gasteiger partial charge < -0.3 is 9.84 Å². The number of nitrogens with zero attached hydrogens (tertiary/aromatic N) is 1. The van der Waals surface area contributed by atoms with Crippen LogP contribution in [0.3, 0.4) is 0 Å². The highest BCUT2D eigenvalue weighted by Gasteiger charge is 2.32. The van der Waals surface area contributed by atoms with Crippen LogP contribution in [0.1, 0.15) is 47.1 Å². The largest absolute Gasteiger partial charge is 0.493 e. The van der Waals surface area contributed by atoms with Crippen LogP contribution in [-0.4, -0.2) is 26.2 Å². The first-order valence-electron chi connectivity index (χ1n) is 6.38. The smallest absolute Gasteiger partial charge is 0.330 e. The highest BCUT2D eigenvalue weighted by atomic mass is 16.6. The molecule has 0 unspecified atom stereocenters. The Hall–Kier alpha value is -1.72. The van der Waals surface area contributed by atoms with Crippen molar-refractivity contribution in [2.45, 2.75) is 52.7 Å². The molecule has 0 fully saturated rings. The predicted octanol–water partition coefficient (Wildman–Crippen LogP) is 1.81. The summed E-state index contributed by atoms with van der Waals surface area (Å²) in [6, 6.07) is -0.742. The topological polar surface area (TPSA) is 84.3 Å². The van der Waals surface area contributed by atoms with Crippen molar-refractivity contribution in [2.75, 3.05) is 0 Å². The standard InChI is InChI=1S/C13H22N2O4/c1-6-8(2)10(11(17)19-13(3,4)5)15-7-9(16)14-12(15)18/h7-8,10,16H,6H2,1-5H3,(H,14,18)/t8-,10-/m0/s1. The number of ether oxygens (including phenoxy) is 1. The molecule has 0 aliphatic carbocycles. The molecule has 0 aromatic carbocycles. The summed E-state index contributed by atoms with van der Waals surface area (Å²) in [4.78, 5) is 26.2. The van der Waals surface area contributed by atoms with Gasteiger partial charge in [0.15, 0.2) is 0 Å². The lowest BCUT2D eigenvalue weighted by Crippen LogP contribution is -2.37. The molecular weight excluding hydrogens is 248 g/mol. The van der Waals surface area contributed by atoms with Gasteiger partial charge in [0.25, 0.3) is 0 Å². The number of nitrogens with one attached hydrogen (secondary N) is 1. The molecule has 0 bridgehead atoms. The Bertz CT molecular complexity index is 495. The molecule has 0 amide bonds. The van der Waals surface area contributed by atoms with Crippen LogP contribution in [0.15, 0.2) is 11.0 Å². The molecule has 1 heterocycles. The predicted molar refractivity (Wildman–Crippen MR) is 71.1 cm³/mol. The van der Waals surface area contributed by atoms with E-state index in [1.165, 1.54) is 10.8 Å². The summed E-state index contributed by atoms with van der Waals surface area (Å²) in [5, 5.41) is 9.32. The fraction of sp³-hybridized carbons (Fsp3) is 0.692. The zero-order valence-corrected chi connectivity index (χ0v) is 12.1. The van der Waals surface area contributed by atoms with E-state index in [4.69, 9.17) is 4.74 Å². The Morgan fingerprint density at radius 2 is 2.11 bits per heavy atom. The number of aromatic nitrogens is 2. The van der Waals surface area contributed by atoms with Gasteiger partial charge in [-0.05, 0) is 26.7 Å². The van der Waals surface area contributed by atoms with Gasteiger partial charge in [0.1, 0.15) is 11.6 Å². The van der Waals surface area contributed by atoms with Gasteiger partial charge in [0, 0.05) is 0 Å². The average molecular weight is 270 g/mol. The van der Waals surface area contributed by atoms with Crippen molar-refractivity contribution in [1.82, 2.24) is 9.55 Å². The van der Waals surface area contributed by atoms with Crippen LogP contribution in [-0.2, 0) is 9.53 Å². The third-order valence-corrected chi connectivity index (χ3v) is 2.86. The quantitative estimate of drug-likeness (QED) is 0.817. The third-order valence-electron chi connectivity index (χ3n) is 2.86. The van der Waals surface area contributed by atoms with Crippen LogP contribution in [0.2, 0.25) is 0 Å². The summed E-state index contributed by atoms with van der Waals surface area (Å²) in [5.74, 6) is -0.812. The van der Waals surface area contributed by atoms with E-state index >= 15 is 0 Å². The van der Waals surface area contributed by atoms with Crippen LogP contribution in [0, 0.1) is 5.92 Å². The van der Waals surface area contributed by atoms with E-state index in [0.717, 1.165) is 0 Å². The Morgan fingerprint density at radius 1 is 1.53 bits per heavy atom. The lowest BCUT2D eigenvalue weighted by Gasteiger charge is -2.27. The summed E-state index contributed by atoms with van der Waals surface area (Å²) in [6.45, 7) is 9.12. The summed E-state index contributed by atoms with van der Waals surface area (Å²) >= 11 is 0. The number of aromatic amines is 1. The van der Waals surface area contributed by atoms with Crippen molar-refractivity contribution in [3.63, 3.8) is 0 Å². The van der Waals surface area contributed by atoms with E-state index in [1.54, 1.807) is 20.8 Å². The molecule has 0 saturated heterocycles. The Balaban J connectivity index is 3.12. The lowest BCUT2D eigenvalue weighted by atomic mass is 9.99. The van der Waals surface area contributed by atoms with E-state index in [1.807, 2.05) is 13.8 Å². The maximum atomic E-state index is 12.2. The molecule has 19 heavy (non-hydrogen) atoms. The second-order valence-corrected chi connectivity index (χ2v) is 5.72. The molecule has 1 aromatic heterocycles. The number of carbonyl (C=O) groups is 1. The molecule has 1 rings (SSSR count). The van der Waals surface area contributed by atoms with Gasteiger partial charge in [-0.1, -0.05) is 20.3 Å². The highest BCUT2D eigenvalue weighted by Crippen LogP contribution is 2.24. The van der Waals surface area contributed by atoms with Crippen LogP contribution >= 0.6 is 0 Å². The summed E-state index contributed by atoms with van der Waals surface area (Å²) in [5.41, 5.74) is -1.14. The number of carbonyl (C=O) groups excluding carboxylic acids is 1. The van der Waals surface area contributed by atoms with Gasteiger partial charge in [0.05, 0.1) is 6.20 Å². The Labute approximate surface area is 112 Å². The number of esters is 1. The zero-order valence-electron chi connectivity index (χ0n) is 12.1. The third kappa shape index (κ3) is 3.87. The van der Waals surface area contributed by atoms with Crippen LogP contribution in [0.4, 0.5) is 0 Å². The van der Waals surface area contributed by atoms with E-state index in [9.17, 15) is 14.7 Å². The van der Waals surface area contributed by atoms with E-state index in [2.05, 4.69) is 4.98 Å². The van der Waals surface area contributed by atoms with Gasteiger partial charge in [-0.3, -0.25) is 9.55 Å². The molecule has 6 nitrogen and oxygen atoms in total. The molecule has 0 spiro atoms. The molecule has 2 N–H and O–H groups in total. The Kier molecular flexibility index (Phi) is 4.44. The van der Waals surface area contributed by atoms with Crippen molar-refractivity contribution in [2.24, 2.45) is 5.92 Å². The first-order chi connectivity index (χ1) is 8.65. The fourth-order valence-corrected chi connectivity index (χ4v) is 1.81. The summed E-state index contributed by atoms with van der Waals surface area (Å²) < 4.78 is 6.54. The first-order valence-corrected chi connectivity index (χ1v) is 6.38. The lowest BCUT2D eigenvalue weighted by molar-refractivity contribution is -0.161. The van der Waals surface area contributed by atoms with Crippen LogP contribution in [0.5, 0.6) is 5.88 Å². The normalized spacial score (nSPS) is 15.0. The zero-order chi connectivity index (χ0) is 14.8. The van der Waals surface area contributed by atoms with Gasteiger partial charge >= 0.3 is 11.7 Å². The molecule has 0 saturated carbocycles. The van der Waals surface area contributed by atoms with Crippen LogP contribution < -0.4 is 5.69 Å². The first kappa shape index (κ1) is 15.3. The summed E-state index contributed by atoms with van der Waals surface area (Å²) in [6.07, 6.45) is 1.94. The monoisotopic (exact) mass is 270 g/mol.